The Kier molecular flexibility index (Phi) is 7.85. The standard InChI is InChI=1S/C15H25FN2O2S/c1-3-4-6-15(13-7-9-14(16)10-8-13)17-11-5-12-18-21(2,19)20/h7-10,15,17-18H,3-6,11-12H2,1-2H3. The summed E-state index contributed by atoms with van der Waals surface area (Å²) in [6, 6.07) is 6.74. The molecular weight excluding hydrogens is 291 g/mol. The second-order valence-electron chi connectivity index (χ2n) is 5.22. The Balaban J connectivity index is 2.45. The van der Waals surface area contributed by atoms with E-state index in [1.165, 1.54) is 12.1 Å². The van der Waals surface area contributed by atoms with Crippen molar-refractivity contribution in [2.24, 2.45) is 0 Å². The van der Waals surface area contributed by atoms with Gasteiger partial charge in [0.2, 0.25) is 10.0 Å². The normalized spacial score (nSPS) is 13.3. The van der Waals surface area contributed by atoms with Crippen LogP contribution in [0, 0.1) is 5.82 Å². The van der Waals surface area contributed by atoms with Crippen molar-refractivity contribution < 1.29 is 12.8 Å². The molecule has 1 rings (SSSR count). The first kappa shape index (κ1) is 18.1. The van der Waals surface area contributed by atoms with Crippen molar-refractivity contribution in [2.75, 3.05) is 19.3 Å². The molecule has 2 N–H and O–H groups in total. The lowest BCUT2D eigenvalue weighted by atomic mass is 10.0. The maximum atomic E-state index is 13.0. The SMILES string of the molecule is CCCCC(NCCCNS(C)(=O)=O)c1ccc(F)cc1. The molecule has 1 atom stereocenters. The van der Waals surface area contributed by atoms with E-state index in [-0.39, 0.29) is 11.9 Å². The Morgan fingerprint density at radius 2 is 1.81 bits per heavy atom. The molecule has 0 radical (unpaired) electrons. The van der Waals surface area contributed by atoms with Crippen molar-refractivity contribution in [2.45, 2.75) is 38.6 Å². The molecule has 21 heavy (non-hydrogen) atoms. The Labute approximate surface area is 127 Å². The Bertz CT molecular complexity index is 503. The summed E-state index contributed by atoms with van der Waals surface area (Å²) in [5, 5.41) is 3.42. The van der Waals surface area contributed by atoms with E-state index in [0.717, 1.165) is 37.5 Å². The fourth-order valence-electron chi connectivity index (χ4n) is 2.11. The number of hydrogen-bond acceptors (Lipinski definition) is 3. The summed E-state index contributed by atoms with van der Waals surface area (Å²) in [7, 11) is -3.12. The van der Waals surface area contributed by atoms with Gasteiger partial charge < -0.3 is 5.32 Å². The van der Waals surface area contributed by atoms with Crippen LogP contribution in [-0.4, -0.2) is 27.8 Å². The Morgan fingerprint density at radius 3 is 2.38 bits per heavy atom. The monoisotopic (exact) mass is 316 g/mol. The zero-order valence-corrected chi connectivity index (χ0v) is 13.5. The van der Waals surface area contributed by atoms with E-state index in [1.807, 2.05) is 0 Å². The number of halogens is 1. The van der Waals surface area contributed by atoms with Crippen molar-refractivity contribution in [1.29, 1.82) is 0 Å². The molecule has 0 bridgehead atoms. The first-order valence-electron chi connectivity index (χ1n) is 7.36. The Hall–Kier alpha value is -0.980. The van der Waals surface area contributed by atoms with E-state index < -0.39 is 10.0 Å². The lowest BCUT2D eigenvalue weighted by molar-refractivity contribution is 0.474. The number of sulfonamides is 1. The van der Waals surface area contributed by atoms with Crippen LogP contribution in [0.25, 0.3) is 0 Å². The first-order valence-corrected chi connectivity index (χ1v) is 9.25. The van der Waals surface area contributed by atoms with Crippen molar-refractivity contribution >= 4 is 10.0 Å². The van der Waals surface area contributed by atoms with Crippen LogP contribution >= 0.6 is 0 Å². The lowest BCUT2D eigenvalue weighted by Gasteiger charge is -2.19. The van der Waals surface area contributed by atoms with Crippen molar-refractivity contribution in [1.82, 2.24) is 10.0 Å². The van der Waals surface area contributed by atoms with Gasteiger partial charge in [-0.2, -0.15) is 0 Å². The predicted molar refractivity (Wildman–Crippen MR) is 84.1 cm³/mol. The van der Waals surface area contributed by atoms with E-state index in [1.54, 1.807) is 12.1 Å². The predicted octanol–water partition coefficient (Wildman–Crippen LogP) is 2.59. The van der Waals surface area contributed by atoms with Gasteiger partial charge in [0.25, 0.3) is 0 Å². The molecule has 0 aliphatic heterocycles. The van der Waals surface area contributed by atoms with Crippen LogP contribution in [0.15, 0.2) is 24.3 Å². The molecule has 1 aromatic rings. The molecule has 0 aliphatic carbocycles. The van der Waals surface area contributed by atoms with E-state index in [0.29, 0.717) is 13.1 Å². The molecule has 0 aliphatic rings. The average Bonchev–Trinajstić information content (AvgIpc) is 2.42. The van der Waals surface area contributed by atoms with Crippen molar-refractivity contribution in [3.05, 3.63) is 35.6 Å². The minimum absolute atomic E-state index is 0.184. The first-order chi connectivity index (χ1) is 9.92. The fraction of sp³-hybridized carbons (Fsp3) is 0.600. The van der Waals surface area contributed by atoms with Crippen molar-refractivity contribution in [3.8, 4) is 0 Å². The molecule has 0 fully saturated rings. The van der Waals surface area contributed by atoms with Crippen LogP contribution < -0.4 is 10.0 Å². The van der Waals surface area contributed by atoms with Gasteiger partial charge in [0.1, 0.15) is 5.82 Å². The Morgan fingerprint density at radius 1 is 1.14 bits per heavy atom. The summed E-state index contributed by atoms with van der Waals surface area (Å²) in [5.41, 5.74) is 1.07. The second kappa shape index (κ2) is 9.12. The van der Waals surface area contributed by atoms with Crippen LogP contribution in [0.3, 0.4) is 0 Å². The summed E-state index contributed by atoms with van der Waals surface area (Å²) in [6.07, 6.45) is 5.06. The molecule has 0 spiro atoms. The van der Waals surface area contributed by atoms with E-state index in [9.17, 15) is 12.8 Å². The van der Waals surface area contributed by atoms with Gasteiger partial charge in [0, 0.05) is 12.6 Å². The van der Waals surface area contributed by atoms with Gasteiger partial charge in [-0.15, -0.1) is 0 Å². The third-order valence-corrected chi connectivity index (χ3v) is 3.96. The van der Waals surface area contributed by atoms with Gasteiger partial charge in [-0.05, 0) is 37.1 Å². The molecule has 0 heterocycles. The van der Waals surface area contributed by atoms with Gasteiger partial charge in [0.05, 0.1) is 6.26 Å². The summed E-state index contributed by atoms with van der Waals surface area (Å²) < 4.78 is 37.4. The molecule has 4 nitrogen and oxygen atoms in total. The van der Waals surface area contributed by atoms with E-state index >= 15 is 0 Å². The van der Waals surface area contributed by atoms with Gasteiger partial charge in [-0.1, -0.05) is 31.9 Å². The van der Waals surface area contributed by atoms with Gasteiger partial charge in [-0.25, -0.2) is 17.5 Å². The number of hydrogen-bond donors (Lipinski definition) is 2. The van der Waals surface area contributed by atoms with Gasteiger partial charge >= 0.3 is 0 Å². The largest absolute Gasteiger partial charge is 0.310 e. The van der Waals surface area contributed by atoms with Crippen LogP contribution in [0.1, 0.15) is 44.2 Å². The molecule has 0 aromatic heterocycles. The zero-order valence-electron chi connectivity index (χ0n) is 12.7. The van der Waals surface area contributed by atoms with Crippen LogP contribution in [-0.2, 0) is 10.0 Å². The highest BCUT2D eigenvalue weighted by Gasteiger charge is 2.10. The third-order valence-electron chi connectivity index (χ3n) is 3.23. The third kappa shape index (κ3) is 8.14. The fourth-order valence-corrected chi connectivity index (χ4v) is 2.63. The highest BCUT2D eigenvalue weighted by molar-refractivity contribution is 7.88. The number of nitrogens with one attached hydrogen (secondary N) is 2. The summed E-state index contributed by atoms with van der Waals surface area (Å²) >= 11 is 0. The minimum atomic E-state index is -3.12. The molecule has 6 heteroatoms. The topological polar surface area (TPSA) is 58.2 Å². The smallest absolute Gasteiger partial charge is 0.208 e. The van der Waals surface area contributed by atoms with E-state index in [4.69, 9.17) is 0 Å². The summed E-state index contributed by atoms with van der Waals surface area (Å²) in [5.74, 6) is -0.231. The minimum Gasteiger partial charge on any atom is -0.310 e. The highest BCUT2D eigenvalue weighted by Crippen LogP contribution is 2.19. The molecule has 1 unspecified atom stereocenters. The van der Waals surface area contributed by atoms with Crippen molar-refractivity contribution in [3.63, 3.8) is 0 Å². The molecule has 120 valence electrons. The number of unbranched alkanes of at least 4 members (excludes halogenated alkanes) is 1. The summed E-state index contributed by atoms with van der Waals surface area (Å²) in [4.78, 5) is 0. The summed E-state index contributed by atoms with van der Waals surface area (Å²) in [6.45, 7) is 3.28. The molecular formula is C15H25FN2O2S. The van der Waals surface area contributed by atoms with Gasteiger partial charge in [-0.3, -0.25) is 0 Å². The second-order valence-corrected chi connectivity index (χ2v) is 7.05. The maximum Gasteiger partial charge on any atom is 0.208 e. The quantitative estimate of drug-likeness (QED) is 0.652. The lowest BCUT2D eigenvalue weighted by Crippen LogP contribution is -2.28. The molecule has 0 amide bonds. The maximum absolute atomic E-state index is 13.0. The number of rotatable bonds is 10. The average molecular weight is 316 g/mol. The highest BCUT2D eigenvalue weighted by atomic mass is 32.2. The molecule has 0 saturated carbocycles. The van der Waals surface area contributed by atoms with Crippen LogP contribution in [0.2, 0.25) is 0 Å². The van der Waals surface area contributed by atoms with Crippen LogP contribution in [0.4, 0.5) is 4.39 Å². The number of benzene rings is 1. The van der Waals surface area contributed by atoms with Crippen LogP contribution in [0.5, 0.6) is 0 Å². The molecule has 1 aromatic carbocycles. The molecule has 0 saturated heterocycles. The van der Waals surface area contributed by atoms with Gasteiger partial charge in [0.15, 0.2) is 0 Å². The van der Waals surface area contributed by atoms with E-state index in [2.05, 4.69) is 17.0 Å². The zero-order chi connectivity index (χ0) is 15.7.